The van der Waals surface area contributed by atoms with Crippen LogP contribution in [-0.4, -0.2) is 12.1 Å². The molecule has 0 bridgehead atoms. The minimum atomic E-state index is 0.190. The zero-order valence-corrected chi connectivity index (χ0v) is 15.4. The lowest BCUT2D eigenvalue weighted by Crippen LogP contribution is -2.38. The molecule has 0 amide bonds. The third-order valence-corrected chi connectivity index (χ3v) is 5.64. The smallest absolute Gasteiger partial charge is 0.0487 e. The Balaban J connectivity index is 2.21. The van der Waals surface area contributed by atoms with Crippen molar-refractivity contribution < 1.29 is 0 Å². The van der Waals surface area contributed by atoms with Crippen molar-refractivity contribution in [2.24, 2.45) is 0 Å². The van der Waals surface area contributed by atoms with Gasteiger partial charge in [0.1, 0.15) is 0 Å². The Morgan fingerprint density at radius 2 is 1.85 bits per heavy atom. The molecule has 2 aromatic rings. The molecule has 0 fully saturated rings. The Kier molecular flexibility index (Phi) is 4.63. The van der Waals surface area contributed by atoms with Gasteiger partial charge in [0.2, 0.25) is 0 Å². The van der Waals surface area contributed by atoms with E-state index in [0.29, 0.717) is 0 Å². The summed E-state index contributed by atoms with van der Waals surface area (Å²) in [6.07, 6.45) is 1.14. The molecule has 0 unspecified atom stereocenters. The second-order valence-corrected chi connectivity index (χ2v) is 8.81. The topological polar surface area (TPSA) is 12.0 Å². The second-order valence-electron chi connectivity index (χ2n) is 7.08. The molecule has 0 radical (unpaired) electrons. The standard InChI is InChI=1S/C17H24BrNS/c1-16(2,3)19-10-9-17(4,5)13-11-20-15-12(13)7-6-8-14(15)18/h6-8,11,19H,9-10H2,1-5H3. The fourth-order valence-corrected chi connectivity index (χ4v) is 4.24. The van der Waals surface area contributed by atoms with Crippen molar-refractivity contribution in [2.75, 3.05) is 6.54 Å². The van der Waals surface area contributed by atoms with Crippen molar-refractivity contribution >= 4 is 37.4 Å². The van der Waals surface area contributed by atoms with E-state index < -0.39 is 0 Å². The van der Waals surface area contributed by atoms with Gasteiger partial charge in [-0.2, -0.15) is 0 Å². The maximum absolute atomic E-state index is 3.65. The van der Waals surface area contributed by atoms with Crippen LogP contribution in [0.25, 0.3) is 10.1 Å². The number of fused-ring (bicyclic) bond motifs is 1. The highest BCUT2D eigenvalue weighted by Gasteiger charge is 2.24. The van der Waals surface area contributed by atoms with E-state index in [1.54, 1.807) is 0 Å². The van der Waals surface area contributed by atoms with Crippen LogP contribution < -0.4 is 5.32 Å². The van der Waals surface area contributed by atoms with Crippen LogP contribution in [0.1, 0.15) is 46.6 Å². The quantitative estimate of drug-likeness (QED) is 0.740. The van der Waals surface area contributed by atoms with Gasteiger partial charge in [-0.25, -0.2) is 0 Å². The summed E-state index contributed by atoms with van der Waals surface area (Å²) in [6, 6.07) is 6.49. The largest absolute Gasteiger partial charge is 0.312 e. The monoisotopic (exact) mass is 353 g/mol. The summed E-state index contributed by atoms with van der Waals surface area (Å²) in [5, 5.41) is 7.31. The molecule has 0 spiro atoms. The maximum atomic E-state index is 3.65. The highest BCUT2D eigenvalue weighted by Crippen LogP contribution is 2.39. The lowest BCUT2D eigenvalue weighted by Gasteiger charge is -2.28. The van der Waals surface area contributed by atoms with E-state index in [4.69, 9.17) is 0 Å². The van der Waals surface area contributed by atoms with Crippen LogP contribution in [0.5, 0.6) is 0 Å². The van der Waals surface area contributed by atoms with Gasteiger partial charge in [-0.3, -0.25) is 0 Å². The first-order chi connectivity index (χ1) is 9.21. The predicted octanol–water partition coefficient (Wildman–Crippen LogP) is 5.72. The highest BCUT2D eigenvalue weighted by molar-refractivity contribution is 9.10. The molecular weight excluding hydrogens is 330 g/mol. The number of benzene rings is 1. The van der Waals surface area contributed by atoms with Crippen molar-refractivity contribution in [1.29, 1.82) is 0 Å². The first-order valence-corrected chi connectivity index (χ1v) is 8.79. The van der Waals surface area contributed by atoms with Crippen LogP contribution >= 0.6 is 27.3 Å². The average molecular weight is 354 g/mol. The third-order valence-electron chi connectivity index (χ3n) is 3.69. The lowest BCUT2D eigenvalue weighted by atomic mass is 9.81. The number of nitrogens with one attached hydrogen (secondary N) is 1. The number of hydrogen-bond donors (Lipinski definition) is 1. The van der Waals surface area contributed by atoms with E-state index in [1.165, 1.54) is 20.1 Å². The third kappa shape index (κ3) is 3.63. The molecule has 1 aromatic heterocycles. The normalized spacial score (nSPS) is 13.1. The van der Waals surface area contributed by atoms with Gasteiger partial charge in [0.25, 0.3) is 0 Å². The van der Waals surface area contributed by atoms with E-state index in [0.717, 1.165) is 13.0 Å². The fraction of sp³-hybridized carbons (Fsp3) is 0.529. The number of thiophene rings is 1. The van der Waals surface area contributed by atoms with Gasteiger partial charge in [-0.1, -0.05) is 26.0 Å². The average Bonchev–Trinajstić information content (AvgIpc) is 2.72. The van der Waals surface area contributed by atoms with Gasteiger partial charge in [0.15, 0.2) is 0 Å². The molecule has 0 atom stereocenters. The second kappa shape index (κ2) is 5.78. The van der Waals surface area contributed by atoms with Crippen LogP contribution in [0.3, 0.4) is 0 Å². The Morgan fingerprint density at radius 3 is 2.50 bits per heavy atom. The number of rotatable bonds is 4. The van der Waals surface area contributed by atoms with Crippen molar-refractivity contribution in [3.8, 4) is 0 Å². The van der Waals surface area contributed by atoms with Crippen LogP contribution in [0, 0.1) is 0 Å². The summed E-state index contributed by atoms with van der Waals surface area (Å²) >= 11 is 5.49. The fourth-order valence-electron chi connectivity index (χ4n) is 2.43. The van der Waals surface area contributed by atoms with Gasteiger partial charge >= 0.3 is 0 Å². The van der Waals surface area contributed by atoms with Crippen LogP contribution in [0.4, 0.5) is 0 Å². The number of hydrogen-bond acceptors (Lipinski definition) is 2. The SMILES string of the molecule is CC(C)(C)NCCC(C)(C)c1csc2c(Br)cccc12. The van der Waals surface area contributed by atoms with Crippen LogP contribution in [0.2, 0.25) is 0 Å². The molecule has 1 aromatic carbocycles. The van der Waals surface area contributed by atoms with Gasteiger partial charge in [0.05, 0.1) is 0 Å². The highest BCUT2D eigenvalue weighted by atomic mass is 79.9. The van der Waals surface area contributed by atoms with Crippen molar-refractivity contribution in [3.63, 3.8) is 0 Å². The molecule has 1 heterocycles. The minimum absolute atomic E-state index is 0.190. The molecule has 0 aliphatic carbocycles. The molecule has 0 saturated heterocycles. The Hall–Kier alpha value is -0.380. The first-order valence-electron chi connectivity index (χ1n) is 7.12. The predicted molar refractivity (Wildman–Crippen MR) is 94.9 cm³/mol. The molecule has 0 saturated carbocycles. The lowest BCUT2D eigenvalue weighted by molar-refractivity contribution is 0.381. The molecule has 1 nitrogen and oxygen atoms in total. The summed E-state index contributed by atoms with van der Waals surface area (Å²) in [7, 11) is 0. The number of halogens is 1. The van der Waals surface area contributed by atoms with E-state index in [1.807, 2.05) is 11.3 Å². The van der Waals surface area contributed by atoms with Gasteiger partial charge in [0, 0.05) is 14.7 Å². The van der Waals surface area contributed by atoms with E-state index in [-0.39, 0.29) is 11.0 Å². The minimum Gasteiger partial charge on any atom is -0.312 e. The van der Waals surface area contributed by atoms with Crippen molar-refractivity contribution in [2.45, 2.75) is 52.0 Å². The molecular formula is C17H24BrNS. The molecule has 0 aliphatic heterocycles. The summed E-state index contributed by atoms with van der Waals surface area (Å²) in [5.74, 6) is 0. The van der Waals surface area contributed by atoms with Crippen molar-refractivity contribution in [3.05, 3.63) is 33.6 Å². The molecule has 3 heteroatoms. The van der Waals surface area contributed by atoms with Crippen molar-refractivity contribution in [1.82, 2.24) is 5.32 Å². The van der Waals surface area contributed by atoms with E-state index in [2.05, 4.69) is 79.4 Å². The molecule has 2 rings (SSSR count). The summed E-state index contributed by atoms with van der Waals surface area (Å²) < 4.78 is 2.56. The van der Waals surface area contributed by atoms with Gasteiger partial charge in [-0.15, -0.1) is 11.3 Å². The summed E-state index contributed by atoms with van der Waals surface area (Å²) in [5.41, 5.74) is 1.85. The Morgan fingerprint density at radius 1 is 1.15 bits per heavy atom. The van der Waals surface area contributed by atoms with Gasteiger partial charge in [-0.05, 0) is 77.5 Å². The van der Waals surface area contributed by atoms with E-state index in [9.17, 15) is 0 Å². The maximum Gasteiger partial charge on any atom is 0.0487 e. The summed E-state index contributed by atoms with van der Waals surface area (Å²) in [4.78, 5) is 0. The molecule has 0 aliphatic rings. The molecule has 20 heavy (non-hydrogen) atoms. The Bertz CT molecular complexity index is 593. The zero-order chi connectivity index (χ0) is 15.0. The van der Waals surface area contributed by atoms with Gasteiger partial charge < -0.3 is 5.32 Å². The molecule has 110 valence electrons. The zero-order valence-electron chi connectivity index (χ0n) is 13.0. The van der Waals surface area contributed by atoms with E-state index >= 15 is 0 Å². The summed E-state index contributed by atoms with van der Waals surface area (Å²) in [6.45, 7) is 12.4. The first kappa shape index (κ1) is 16.0. The Labute approximate surface area is 134 Å². The molecule has 1 N–H and O–H groups in total. The van der Waals surface area contributed by atoms with Crippen LogP contribution in [0.15, 0.2) is 28.1 Å². The van der Waals surface area contributed by atoms with Crippen LogP contribution in [-0.2, 0) is 5.41 Å².